The van der Waals surface area contributed by atoms with E-state index in [0.717, 1.165) is 23.0 Å². The van der Waals surface area contributed by atoms with Crippen molar-refractivity contribution >= 4 is 15.9 Å². The smallest absolute Gasteiger partial charge is 0.106 e. The van der Waals surface area contributed by atoms with Crippen LogP contribution in [0.15, 0.2) is 53.0 Å². The lowest BCUT2D eigenvalue weighted by molar-refractivity contribution is 0.0118. The zero-order valence-corrected chi connectivity index (χ0v) is 13.0. The number of aliphatic hydroxyl groups is 1. The van der Waals surface area contributed by atoms with Crippen LogP contribution in [0.3, 0.4) is 0 Å². The molecule has 0 spiro atoms. The van der Waals surface area contributed by atoms with E-state index in [9.17, 15) is 5.11 Å². The fourth-order valence-corrected chi connectivity index (χ4v) is 3.38. The van der Waals surface area contributed by atoms with E-state index >= 15 is 0 Å². The lowest BCUT2D eigenvalue weighted by Crippen LogP contribution is -2.43. The third-order valence-electron chi connectivity index (χ3n) is 4.08. The molecule has 1 aliphatic rings. The number of rotatable bonds is 2. The first-order valence-electron chi connectivity index (χ1n) is 6.88. The first kappa shape index (κ1) is 13.8. The highest BCUT2D eigenvalue weighted by Gasteiger charge is 2.37. The Morgan fingerprint density at radius 1 is 1.20 bits per heavy atom. The summed E-state index contributed by atoms with van der Waals surface area (Å²) in [6.07, 6.45) is 1.02. The first-order valence-corrected chi connectivity index (χ1v) is 7.68. The standard InChI is InChI=1S/C17H18BrNO/c1-17(20,13-6-4-7-14(18)11-13)16-15-8-3-2-5-12(15)9-10-19-16/h2-8,11,16,19-20H,9-10H2,1H3. The minimum Gasteiger partial charge on any atom is -0.383 e. The Bertz CT molecular complexity index is 624. The van der Waals surface area contributed by atoms with Gasteiger partial charge in [-0.1, -0.05) is 52.3 Å². The molecule has 0 saturated heterocycles. The number of benzene rings is 2. The Kier molecular flexibility index (Phi) is 3.67. The highest BCUT2D eigenvalue weighted by atomic mass is 79.9. The third kappa shape index (κ3) is 2.41. The van der Waals surface area contributed by atoms with Gasteiger partial charge in [0.1, 0.15) is 5.60 Å². The average Bonchev–Trinajstić information content (AvgIpc) is 2.46. The molecule has 0 amide bonds. The molecule has 2 nitrogen and oxygen atoms in total. The van der Waals surface area contributed by atoms with Crippen LogP contribution < -0.4 is 5.32 Å². The van der Waals surface area contributed by atoms with Gasteiger partial charge in [0.2, 0.25) is 0 Å². The molecule has 0 bridgehead atoms. The molecule has 104 valence electrons. The summed E-state index contributed by atoms with van der Waals surface area (Å²) in [5, 5.41) is 14.6. The van der Waals surface area contributed by atoms with Crippen LogP contribution >= 0.6 is 15.9 Å². The van der Waals surface area contributed by atoms with Gasteiger partial charge >= 0.3 is 0 Å². The van der Waals surface area contributed by atoms with Crippen molar-refractivity contribution in [3.05, 3.63) is 69.7 Å². The Balaban J connectivity index is 2.04. The molecule has 0 saturated carbocycles. The van der Waals surface area contributed by atoms with Crippen LogP contribution in [0.25, 0.3) is 0 Å². The van der Waals surface area contributed by atoms with Crippen LogP contribution in [-0.2, 0) is 12.0 Å². The summed E-state index contributed by atoms with van der Waals surface area (Å²) >= 11 is 3.48. The van der Waals surface area contributed by atoms with E-state index in [1.54, 1.807) is 0 Å². The zero-order valence-electron chi connectivity index (χ0n) is 11.4. The van der Waals surface area contributed by atoms with Crippen molar-refractivity contribution in [1.29, 1.82) is 0 Å². The van der Waals surface area contributed by atoms with Gasteiger partial charge in [-0.2, -0.15) is 0 Å². The topological polar surface area (TPSA) is 32.3 Å². The van der Waals surface area contributed by atoms with E-state index in [1.165, 1.54) is 11.1 Å². The average molecular weight is 332 g/mol. The van der Waals surface area contributed by atoms with Crippen LogP contribution in [-0.4, -0.2) is 11.7 Å². The summed E-state index contributed by atoms with van der Waals surface area (Å²) < 4.78 is 0.986. The predicted octanol–water partition coefficient (Wildman–Crippen LogP) is 3.54. The molecule has 0 fully saturated rings. The SMILES string of the molecule is CC(O)(c1cccc(Br)c1)C1NCCc2ccccc21. The molecule has 3 rings (SSSR count). The summed E-state index contributed by atoms with van der Waals surface area (Å²) in [5.41, 5.74) is 2.50. The molecule has 0 radical (unpaired) electrons. The second-order valence-electron chi connectivity index (χ2n) is 5.49. The molecule has 2 atom stereocenters. The number of halogens is 1. The molecular weight excluding hydrogens is 314 g/mol. The van der Waals surface area contributed by atoms with Gasteiger partial charge < -0.3 is 10.4 Å². The summed E-state index contributed by atoms with van der Waals surface area (Å²) in [4.78, 5) is 0. The quantitative estimate of drug-likeness (QED) is 0.882. The Hall–Kier alpha value is -1.16. The minimum atomic E-state index is -0.944. The van der Waals surface area contributed by atoms with Crippen molar-refractivity contribution < 1.29 is 5.11 Å². The fraction of sp³-hybridized carbons (Fsp3) is 0.294. The summed E-state index contributed by atoms with van der Waals surface area (Å²) in [7, 11) is 0. The molecule has 1 heterocycles. The van der Waals surface area contributed by atoms with Crippen molar-refractivity contribution in [2.45, 2.75) is 25.0 Å². The molecule has 1 aliphatic heterocycles. The van der Waals surface area contributed by atoms with Crippen molar-refractivity contribution in [3.63, 3.8) is 0 Å². The third-order valence-corrected chi connectivity index (χ3v) is 4.57. The molecule has 20 heavy (non-hydrogen) atoms. The molecular formula is C17H18BrNO. The summed E-state index contributed by atoms with van der Waals surface area (Å²) in [6.45, 7) is 2.78. The maximum atomic E-state index is 11.1. The maximum absolute atomic E-state index is 11.1. The number of fused-ring (bicyclic) bond motifs is 1. The van der Waals surface area contributed by atoms with Gasteiger partial charge in [-0.15, -0.1) is 0 Å². The predicted molar refractivity (Wildman–Crippen MR) is 84.6 cm³/mol. The van der Waals surface area contributed by atoms with Crippen molar-refractivity contribution in [1.82, 2.24) is 5.32 Å². The van der Waals surface area contributed by atoms with Crippen LogP contribution in [0.2, 0.25) is 0 Å². The van der Waals surface area contributed by atoms with E-state index in [0.29, 0.717) is 0 Å². The van der Waals surface area contributed by atoms with E-state index in [1.807, 2.05) is 37.3 Å². The molecule has 0 aliphatic carbocycles. The van der Waals surface area contributed by atoms with Crippen molar-refractivity contribution in [2.75, 3.05) is 6.54 Å². The Morgan fingerprint density at radius 2 is 2.00 bits per heavy atom. The van der Waals surface area contributed by atoms with E-state index in [4.69, 9.17) is 0 Å². The summed E-state index contributed by atoms with van der Waals surface area (Å²) in [6, 6.07) is 16.2. The summed E-state index contributed by atoms with van der Waals surface area (Å²) in [5.74, 6) is 0. The minimum absolute atomic E-state index is 0.0817. The largest absolute Gasteiger partial charge is 0.383 e. The van der Waals surface area contributed by atoms with Gasteiger partial charge in [-0.05, 0) is 48.7 Å². The fourth-order valence-electron chi connectivity index (χ4n) is 2.98. The molecule has 2 N–H and O–H groups in total. The van der Waals surface area contributed by atoms with E-state index in [2.05, 4.69) is 39.4 Å². The van der Waals surface area contributed by atoms with E-state index < -0.39 is 5.60 Å². The lowest BCUT2D eigenvalue weighted by Gasteiger charge is -2.38. The molecule has 3 heteroatoms. The monoisotopic (exact) mass is 331 g/mol. The van der Waals surface area contributed by atoms with Crippen LogP contribution in [0.4, 0.5) is 0 Å². The van der Waals surface area contributed by atoms with Gasteiger partial charge in [0.15, 0.2) is 0 Å². The normalized spacial score (nSPS) is 21.1. The van der Waals surface area contributed by atoms with Crippen molar-refractivity contribution in [3.8, 4) is 0 Å². The number of hydrogen-bond donors (Lipinski definition) is 2. The zero-order chi connectivity index (χ0) is 14.2. The molecule has 0 aromatic heterocycles. The number of hydrogen-bond acceptors (Lipinski definition) is 2. The van der Waals surface area contributed by atoms with Gasteiger partial charge in [0.05, 0.1) is 6.04 Å². The first-order chi connectivity index (χ1) is 9.59. The highest BCUT2D eigenvalue weighted by Crippen LogP contribution is 2.38. The van der Waals surface area contributed by atoms with Gasteiger partial charge in [0, 0.05) is 4.47 Å². The molecule has 2 aromatic carbocycles. The second kappa shape index (κ2) is 5.32. The van der Waals surface area contributed by atoms with Crippen LogP contribution in [0.1, 0.15) is 29.7 Å². The van der Waals surface area contributed by atoms with Gasteiger partial charge in [-0.3, -0.25) is 0 Å². The van der Waals surface area contributed by atoms with Gasteiger partial charge in [-0.25, -0.2) is 0 Å². The van der Waals surface area contributed by atoms with Crippen LogP contribution in [0, 0.1) is 0 Å². The van der Waals surface area contributed by atoms with E-state index in [-0.39, 0.29) is 6.04 Å². The Labute approximate surface area is 128 Å². The second-order valence-corrected chi connectivity index (χ2v) is 6.41. The Morgan fingerprint density at radius 3 is 2.80 bits per heavy atom. The molecule has 2 unspecified atom stereocenters. The van der Waals surface area contributed by atoms with Crippen molar-refractivity contribution in [2.24, 2.45) is 0 Å². The van der Waals surface area contributed by atoms with Crippen LogP contribution in [0.5, 0.6) is 0 Å². The molecule has 2 aromatic rings. The highest BCUT2D eigenvalue weighted by molar-refractivity contribution is 9.10. The maximum Gasteiger partial charge on any atom is 0.106 e. The lowest BCUT2D eigenvalue weighted by atomic mass is 9.80. The number of nitrogens with one attached hydrogen (secondary N) is 1. The van der Waals surface area contributed by atoms with Gasteiger partial charge in [0.25, 0.3) is 0 Å².